The molecule has 0 spiro atoms. The van der Waals surface area contributed by atoms with Crippen LogP contribution in [0.3, 0.4) is 0 Å². The number of nitriles is 1. The molecule has 2 rings (SSSR count). The largest absolute Gasteiger partial charge is 0.337 e. The van der Waals surface area contributed by atoms with E-state index in [1.165, 1.54) is 18.1 Å². The van der Waals surface area contributed by atoms with Crippen LogP contribution in [0.5, 0.6) is 0 Å². The van der Waals surface area contributed by atoms with Gasteiger partial charge in [-0.2, -0.15) is 5.26 Å². The zero-order valence-corrected chi connectivity index (χ0v) is 13.7. The smallest absolute Gasteiger partial charge is 0.231 e. The fourth-order valence-electron chi connectivity index (χ4n) is 1.63. The van der Waals surface area contributed by atoms with Crippen molar-refractivity contribution < 1.29 is 4.79 Å². The lowest BCUT2D eigenvalue weighted by atomic mass is 9.90. The number of carbonyl (C=O) groups excluding carboxylic acids is 1. The molecule has 1 N–H and O–H groups in total. The van der Waals surface area contributed by atoms with Gasteiger partial charge in [0.05, 0.1) is 22.0 Å². The molecule has 0 aromatic carbocycles. The molecule has 2 heterocycles. The molecule has 0 saturated heterocycles. The van der Waals surface area contributed by atoms with Crippen molar-refractivity contribution in [2.24, 2.45) is 5.92 Å². The van der Waals surface area contributed by atoms with Crippen LogP contribution in [0, 0.1) is 17.2 Å². The van der Waals surface area contributed by atoms with Gasteiger partial charge in [-0.05, 0) is 24.3 Å². The summed E-state index contributed by atoms with van der Waals surface area (Å²) in [5.41, 5.74) is 0.0450. The number of thiophene rings is 1. The van der Waals surface area contributed by atoms with Crippen LogP contribution in [-0.4, -0.2) is 27.2 Å². The maximum absolute atomic E-state index is 12.0. The van der Waals surface area contributed by atoms with Crippen LogP contribution >= 0.6 is 23.1 Å². The molecule has 0 aliphatic heterocycles. The molecule has 5 nitrogen and oxygen atoms in total. The average Bonchev–Trinajstić information content (AvgIpc) is 2.93. The van der Waals surface area contributed by atoms with E-state index >= 15 is 0 Å². The fraction of sp³-hybridized carbons (Fsp3) is 0.429. The van der Waals surface area contributed by atoms with Gasteiger partial charge in [0.15, 0.2) is 0 Å². The van der Waals surface area contributed by atoms with E-state index in [2.05, 4.69) is 21.4 Å². The minimum absolute atomic E-state index is 0.0412. The molecule has 0 fully saturated rings. The molecule has 21 heavy (non-hydrogen) atoms. The number of nitrogens with zero attached hydrogens (tertiary/aromatic N) is 3. The topological polar surface area (TPSA) is 78.7 Å². The average molecular weight is 320 g/mol. The summed E-state index contributed by atoms with van der Waals surface area (Å²) >= 11 is 2.92. The van der Waals surface area contributed by atoms with Gasteiger partial charge in [-0.15, -0.1) is 11.3 Å². The Bertz CT molecular complexity index is 692. The first-order valence-corrected chi connectivity index (χ1v) is 8.36. The van der Waals surface area contributed by atoms with Gasteiger partial charge in [0.2, 0.25) is 5.91 Å². The predicted octanol–water partition coefficient (Wildman–Crippen LogP) is 2.84. The second-order valence-electron chi connectivity index (χ2n) is 5.12. The standard InChI is InChI=1S/C14H16N4OS2/c1-9(2)14(3,7-15)18-11(19)6-21-13-12-10(4-5-20-12)16-8-17-13/h4-5,8-9H,6H2,1-3H3,(H,18,19). The number of hydrogen-bond acceptors (Lipinski definition) is 6. The van der Waals surface area contributed by atoms with E-state index in [0.717, 1.165) is 15.2 Å². The van der Waals surface area contributed by atoms with Crippen molar-refractivity contribution in [1.29, 1.82) is 5.26 Å². The summed E-state index contributed by atoms with van der Waals surface area (Å²) in [5.74, 6) is 0.106. The molecule has 110 valence electrons. The second-order valence-corrected chi connectivity index (χ2v) is 7.00. The van der Waals surface area contributed by atoms with Crippen LogP contribution < -0.4 is 5.32 Å². The lowest BCUT2D eigenvalue weighted by molar-refractivity contribution is -0.120. The van der Waals surface area contributed by atoms with Crippen LogP contribution in [0.2, 0.25) is 0 Å². The molecule has 7 heteroatoms. The highest BCUT2D eigenvalue weighted by molar-refractivity contribution is 8.00. The number of fused-ring (bicyclic) bond motifs is 1. The highest BCUT2D eigenvalue weighted by Crippen LogP contribution is 2.28. The molecule has 0 saturated carbocycles. The first-order valence-electron chi connectivity index (χ1n) is 6.49. The van der Waals surface area contributed by atoms with Gasteiger partial charge in [-0.3, -0.25) is 4.79 Å². The highest BCUT2D eigenvalue weighted by atomic mass is 32.2. The van der Waals surface area contributed by atoms with Crippen molar-refractivity contribution in [3.05, 3.63) is 17.8 Å². The molecule has 0 bridgehead atoms. The quantitative estimate of drug-likeness (QED) is 0.677. The first-order chi connectivity index (χ1) is 9.96. The Morgan fingerprint density at radius 2 is 2.33 bits per heavy atom. The van der Waals surface area contributed by atoms with E-state index < -0.39 is 5.54 Å². The van der Waals surface area contributed by atoms with Crippen molar-refractivity contribution >= 4 is 39.2 Å². The SMILES string of the molecule is CC(C)C(C)(C#N)NC(=O)CSc1ncnc2ccsc12. The Morgan fingerprint density at radius 3 is 3.00 bits per heavy atom. The molecule has 0 radical (unpaired) electrons. The first kappa shape index (κ1) is 15.7. The number of hydrogen-bond donors (Lipinski definition) is 1. The minimum atomic E-state index is -0.846. The lowest BCUT2D eigenvalue weighted by Gasteiger charge is -2.27. The predicted molar refractivity (Wildman–Crippen MR) is 85.1 cm³/mol. The van der Waals surface area contributed by atoms with Crippen LogP contribution in [0.15, 0.2) is 22.8 Å². The van der Waals surface area contributed by atoms with Crippen LogP contribution in [0.25, 0.3) is 10.2 Å². The minimum Gasteiger partial charge on any atom is -0.337 e. The van der Waals surface area contributed by atoms with E-state index in [9.17, 15) is 10.1 Å². The molecule has 2 aromatic heterocycles. The van der Waals surface area contributed by atoms with Crippen molar-refractivity contribution in [3.63, 3.8) is 0 Å². The summed E-state index contributed by atoms with van der Waals surface area (Å²) in [6, 6.07) is 4.10. The molecule has 1 unspecified atom stereocenters. The zero-order chi connectivity index (χ0) is 15.5. The number of rotatable bonds is 5. The van der Waals surface area contributed by atoms with Crippen molar-refractivity contribution in [2.45, 2.75) is 31.3 Å². The van der Waals surface area contributed by atoms with Crippen LogP contribution in [0.1, 0.15) is 20.8 Å². The number of thioether (sulfide) groups is 1. The number of carbonyl (C=O) groups is 1. The molecule has 0 aliphatic carbocycles. The summed E-state index contributed by atoms with van der Waals surface area (Å²) in [5, 5.41) is 14.8. The van der Waals surface area contributed by atoms with E-state index in [1.54, 1.807) is 18.3 Å². The van der Waals surface area contributed by atoms with E-state index in [4.69, 9.17) is 0 Å². The summed E-state index contributed by atoms with van der Waals surface area (Å²) in [7, 11) is 0. The third-order valence-corrected chi connectivity index (χ3v) is 5.37. The van der Waals surface area contributed by atoms with E-state index in [-0.39, 0.29) is 17.6 Å². The van der Waals surface area contributed by atoms with Gasteiger partial charge >= 0.3 is 0 Å². The molecular weight excluding hydrogens is 304 g/mol. The maximum Gasteiger partial charge on any atom is 0.231 e. The molecule has 0 aliphatic rings. The summed E-state index contributed by atoms with van der Waals surface area (Å²) < 4.78 is 0.988. The highest BCUT2D eigenvalue weighted by Gasteiger charge is 2.29. The Labute approximate surface area is 131 Å². The van der Waals surface area contributed by atoms with Gasteiger partial charge in [0, 0.05) is 0 Å². The van der Waals surface area contributed by atoms with Gasteiger partial charge in [-0.25, -0.2) is 9.97 Å². The van der Waals surface area contributed by atoms with Crippen molar-refractivity contribution in [2.75, 3.05) is 5.75 Å². The number of nitrogens with one attached hydrogen (secondary N) is 1. The maximum atomic E-state index is 12.0. The van der Waals surface area contributed by atoms with Crippen molar-refractivity contribution in [3.8, 4) is 6.07 Å². The Balaban J connectivity index is 2.02. The fourth-order valence-corrected chi connectivity index (χ4v) is 3.38. The van der Waals surface area contributed by atoms with Gasteiger partial charge in [0.1, 0.15) is 16.9 Å². The second kappa shape index (κ2) is 6.41. The Kier molecular flexibility index (Phi) is 4.80. The normalized spacial score (nSPS) is 13.9. The zero-order valence-electron chi connectivity index (χ0n) is 12.1. The van der Waals surface area contributed by atoms with Gasteiger partial charge < -0.3 is 5.32 Å². The van der Waals surface area contributed by atoms with E-state index in [1.807, 2.05) is 25.3 Å². The van der Waals surface area contributed by atoms with E-state index in [0.29, 0.717) is 0 Å². The Morgan fingerprint density at radius 1 is 1.57 bits per heavy atom. The third-order valence-electron chi connectivity index (χ3n) is 3.34. The number of aromatic nitrogens is 2. The molecule has 1 atom stereocenters. The van der Waals surface area contributed by atoms with Crippen LogP contribution in [-0.2, 0) is 4.79 Å². The summed E-state index contributed by atoms with van der Waals surface area (Å²) in [6.45, 7) is 5.56. The third kappa shape index (κ3) is 3.52. The molecular formula is C14H16N4OS2. The molecule has 2 aromatic rings. The monoisotopic (exact) mass is 320 g/mol. The summed E-state index contributed by atoms with van der Waals surface area (Å²) in [4.78, 5) is 20.4. The number of amides is 1. The van der Waals surface area contributed by atoms with Crippen LogP contribution in [0.4, 0.5) is 0 Å². The Hall–Kier alpha value is -1.65. The van der Waals surface area contributed by atoms with Gasteiger partial charge in [0.25, 0.3) is 0 Å². The summed E-state index contributed by atoms with van der Waals surface area (Å²) in [6.07, 6.45) is 1.50. The molecule has 1 amide bonds. The van der Waals surface area contributed by atoms with Crippen molar-refractivity contribution in [1.82, 2.24) is 15.3 Å². The van der Waals surface area contributed by atoms with Gasteiger partial charge in [-0.1, -0.05) is 25.6 Å². The lowest BCUT2D eigenvalue weighted by Crippen LogP contribution is -2.49.